The van der Waals surface area contributed by atoms with Crippen molar-refractivity contribution in [3.63, 3.8) is 0 Å². The maximum Gasteiger partial charge on any atom is 0.244 e. The largest absolute Gasteiger partial charge is 0.348 e. The van der Waals surface area contributed by atoms with E-state index in [1.165, 1.54) is 6.92 Å². The standard InChI is InChI=1S/C19H22F2N2O3S/c1-12-7-5-6-8-16(12)13(2)22-19(24)14(3)23(27(4,25)26)15-9-10-17(20)18(21)11-15/h5-11,13-14H,1-4H3,(H,22,24)/t13-,14-/m1/s1. The molecule has 0 heterocycles. The molecule has 27 heavy (non-hydrogen) atoms. The summed E-state index contributed by atoms with van der Waals surface area (Å²) in [5.41, 5.74) is 1.76. The zero-order valence-electron chi connectivity index (χ0n) is 15.5. The van der Waals surface area contributed by atoms with Crippen molar-refractivity contribution in [2.45, 2.75) is 32.9 Å². The van der Waals surface area contributed by atoms with E-state index in [-0.39, 0.29) is 11.7 Å². The molecule has 0 spiro atoms. The molecular formula is C19H22F2N2O3S. The molecule has 5 nitrogen and oxygen atoms in total. The molecule has 8 heteroatoms. The van der Waals surface area contributed by atoms with E-state index in [4.69, 9.17) is 0 Å². The summed E-state index contributed by atoms with van der Waals surface area (Å²) >= 11 is 0. The molecule has 2 atom stereocenters. The Balaban J connectivity index is 2.30. The van der Waals surface area contributed by atoms with Crippen molar-refractivity contribution in [1.29, 1.82) is 0 Å². The van der Waals surface area contributed by atoms with Crippen molar-refractivity contribution in [3.8, 4) is 0 Å². The Bertz CT molecular complexity index is 948. The van der Waals surface area contributed by atoms with E-state index >= 15 is 0 Å². The third kappa shape index (κ3) is 4.82. The van der Waals surface area contributed by atoms with Crippen LogP contribution in [0.3, 0.4) is 0 Å². The molecule has 0 unspecified atom stereocenters. The number of hydrogen-bond acceptors (Lipinski definition) is 3. The number of hydrogen-bond donors (Lipinski definition) is 1. The second kappa shape index (κ2) is 8.04. The van der Waals surface area contributed by atoms with Crippen LogP contribution >= 0.6 is 0 Å². The van der Waals surface area contributed by atoms with Gasteiger partial charge in [-0.15, -0.1) is 0 Å². The van der Waals surface area contributed by atoms with Crippen LogP contribution in [-0.4, -0.2) is 26.6 Å². The highest BCUT2D eigenvalue weighted by Gasteiger charge is 2.30. The minimum Gasteiger partial charge on any atom is -0.348 e. The summed E-state index contributed by atoms with van der Waals surface area (Å²) in [7, 11) is -3.92. The maximum absolute atomic E-state index is 13.6. The molecule has 0 saturated carbocycles. The lowest BCUT2D eigenvalue weighted by Crippen LogP contribution is -2.48. The number of nitrogens with one attached hydrogen (secondary N) is 1. The smallest absolute Gasteiger partial charge is 0.244 e. The molecule has 2 aromatic rings. The number of carbonyl (C=O) groups is 1. The highest BCUT2D eigenvalue weighted by Crippen LogP contribution is 2.24. The van der Waals surface area contributed by atoms with Crippen LogP contribution in [0, 0.1) is 18.6 Å². The average molecular weight is 396 g/mol. The molecular weight excluding hydrogens is 374 g/mol. The van der Waals surface area contributed by atoms with Gasteiger partial charge in [-0.1, -0.05) is 24.3 Å². The van der Waals surface area contributed by atoms with E-state index in [0.717, 1.165) is 39.9 Å². The molecule has 0 aliphatic carbocycles. The van der Waals surface area contributed by atoms with Crippen LogP contribution in [0.15, 0.2) is 42.5 Å². The van der Waals surface area contributed by atoms with Gasteiger partial charge in [-0.25, -0.2) is 17.2 Å². The van der Waals surface area contributed by atoms with Crippen LogP contribution in [0.5, 0.6) is 0 Å². The fourth-order valence-corrected chi connectivity index (χ4v) is 4.08. The minimum atomic E-state index is -3.92. The third-order valence-corrected chi connectivity index (χ3v) is 5.50. The number of benzene rings is 2. The van der Waals surface area contributed by atoms with Crippen LogP contribution in [0.1, 0.15) is 31.0 Å². The number of amides is 1. The Morgan fingerprint density at radius 2 is 1.70 bits per heavy atom. The Labute approximate surface area is 158 Å². The molecule has 1 N–H and O–H groups in total. The summed E-state index contributed by atoms with van der Waals surface area (Å²) in [5, 5.41) is 2.77. The predicted octanol–water partition coefficient (Wildman–Crippen LogP) is 3.31. The quantitative estimate of drug-likeness (QED) is 0.815. The second-order valence-electron chi connectivity index (χ2n) is 6.42. The number of nitrogens with zero attached hydrogens (tertiary/aromatic N) is 1. The van der Waals surface area contributed by atoms with Gasteiger partial charge >= 0.3 is 0 Å². The first kappa shape index (κ1) is 20.8. The van der Waals surface area contributed by atoms with E-state index in [1.807, 2.05) is 31.2 Å². The zero-order valence-corrected chi connectivity index (χ0v) is 16.3. The van der Waals surface area contributed by atoms with Crippen molar-refractivity contribution in [2.75, 3.05) is 10.6 Å². The number of carbonyl (C=O) groups excluding carboxylic acids is 1. The summed E-state index contributed by atoms with van der Waals surface area (Å²) < 4.78 is 52.0. The van der Waals surface area contributed by atoms with Gasteiger partial charge in [0.05, 0.1) is 18.0 Å². The average Bonchev–Trinajstić information content (AvgIpc) is 2.57. The first-order valence-corrected chi connectivity index (χ1v) is 10.2. The summed E-state index contributed by atoms with van der Waals surface area (Å²) in [6.45, 7) is 5.09. The first-order chi connectivity index (χ1) is 12.5. The van der Waals surface area contributed by atoms with Gasteiger partial charge < -0.3 is 5.32 Å². The lowest BCUT2D eigenvalue weighted by atomic mass is 10.0. The van der Waals surface area contributed by atoms with E-state index in [2.05, 4.69) is 5.32 Å². The summed E-state index contributed by atoms with van der Waals surface area (Å²) in [6, 6.07) is 8.69. The number of anilines is 1. The van der Waals surface area contributed by atoms with Gasteiger partial charge in [-0.3, -0.25) is 9.10 Å². The second-order valence-corrected chi connectivity index (χ2v) is 8.28. The summed E-state index contributed by atoms with van der Waals surface area (Å²) in [5.74, 6) is -2.85. The molecule has 1 amide bonds. The van der Waals surface area contributed by atoms with Crippen molar-refractivity contribution < 1.29 is 22.0 Å². The topological polar surface area (TPSA) is 66.5 Å². The predicted molar refractivity (Wildman–Crippen MR) is 101 cm³/mol. The molecule has 2 rings (SSSR count). The van der Waals surface area contributed by atoms with Crippen LogP contribution in [0.25, 0.3) is 0 Å². The lowest BCUT2D eigenvalue weighted by molar-refractivity contribution is -0.122. The maximum atomic E-state index is 13.6. The Morgan fingerprint density at radius 1 is 1.07 bits per heavy atom. The van der Waals surface area contributed by atoms with Gasteiger partial charge in [0.25, 0.3) is 0 Å². The van der Waals surface area contributed by atoms with Gasteiger partial charge in [0, 0.05) is 6.07 Å². The summed E-state index contributed by atoms with van der Waals surface area (Å²) in [4.78, 5) is 12.7. The third-order valence-electron chi connectivity index (χ3n) is 4.26. The van der Waals surface area contributed by atoms with Gasteiger partial charge in [-0.2, -0.15) is 0 Å². The fraction of sp³-hybridized carbons (Fsp3) is 0.316. The zero-order chi connectivity index (χ0) is 20.4. The Morgan fingerprint density at radius 3 is 2.26 bits per heavy atom. The van der Waals surface area contributed by atoms with Crippen LogP contribution in [-0.2, 0) is 14.8 Å². The number of sulfonamides is 1. The molecule has 0 aliphatic rings. The highest BCUT2D eigenvalue weighted by molar-refractivity contribution is 7.92. The number of rotatable bonds is 6. The van der Waals surface area contributed by atoms with Gasteiger partial charge in [0.1, 0.15) is 6.04 Å². The van der Waals surface area contributed by atoms with E-state index in [0.29, 0.717) is 0 Å². The number of halogens is 2. The van der Waals surface area contributed by atoms with Crippen LogP contribution in [0.2, 0.25) is 0 Å². The molecule has 0 fully saturated rings. The monoisotopic (exact) mass is 396 g/mol. The van der Waals surface area contributed by atoms with E-state index < -0.39 is 33.6 Å². The fourth-order valence-electron chi connectivity index (χ4n) is 2.92. The minimum absolute atomic E-state index is 0.123. The summed E-state index contributed by atoms with van der Waals surface area (Å²) in [6.07, 6.45) is 0.906. The number of aryl methyl sites for hydroxylation is 1. The highest BCUT2D eigenvalue weighted by atomic mass is 32.2. The SMILES string of the molecule is Cc1ccccc1[C@@H](C)NC(=O)[C@@H](C)N(c1ccc(F)c(F)c1)S(C)(=O)=O. The lowest BCUT2D eigenvalue weighted by Gasteiger charge is -2.29. The molecule has 0 bridgehead atoms. The van der Waals surface area contributed by atoms with Crippen LogP contribution < -0.4 is 9.62 Å². The van der Waals surface area contributed by atoms with Gasteiger partial charge in [0.2, 0.25) is 15.9 Å². The van der Waals surface area contributed by atoms with Crippen LogP contribution in [0.4, 0.5) is 14.5 Å². The molecule has 0 radical (unpaired) electrons. The molecule has 0 saturated heterocycles. The molecule has 146 valence electrons. The van der Waals surface area contributed by atoms with Gasteiger partial charge in [-0.05, 0) is 44.0 Å². The molecule has 0 aliphatic heterocycles. The first-order valence-electron chi connectivity index (χ1n) is 8.32. The molecule has 2 aromatic carbocycles. The van der Waals surface area contributed by atoms with E-state index in [1.54, 1.807) is 6.92 Å². The van der Waals surface area contributed by atoms with Gasteiger partial charge in [0.15, 0.2) is 11.6 Å². The van der Waals surface area contributed by atoms with Crippen molar-refractivity contribution >= 4 is 21.6 Å². The Kier molecular flexibility index (Phi) is 6.20. The van der Waals surface area contributed by atoms with E-state index in [9.17, 15) is 22.0 Å². The Hall–Kier alpha value is -2.48. The van der Waals surface area contributed by atoms with Crippen molar-refractivity contribution in [2.24, 2.45) is 0 Å². The molecule has 0 aromatic heterocycles. The van der Waals surface area contributed by atoms with Crippen molar-refractivity contribution in [3.05, 3.63) is 65.2 Å². The van der Waals surface area contributed by atoms with Crippen molar-refractivity contribution in [1.82, 2.24) is 5.32 Å². The normalized spacial score (nSPS) is 13.7.